The molecule has 0 aliphatic heterocycles. The van der Waals surface area contributed by atoms with E-state index in [0.29, 0.717) is 0 Å². The molecule has 0 N–H and O–H groups in total. The average molecular weight is 297 g/mol. The van der Waals surface area contributed by atoms with Crippen molar-refractivity contribution in [1.29, 1.82) is 0 Å². The minimum atomic E-state index is 0.819. The topological polar surface area (TPSA) is 25.5 Å². The van der Waals surface area contributed by atoms with E-state index in [1.165, 1.54) is 0 Å². The van der Waals surface area contributed by atoms with Gasteiger partial charge in [0.25, 0.3) is 0 Å². The minimum Gasteiger partial charge on any atom is -0.456 e. The summed E-state index contributed by atoms with van der Waals surface area (Å²) < 4.78 is 6.07. The maximum Gasteiger partial charge on any atom is 0.136 e. The summed E-state index contributed by atoms with van der Waals surface area (Å²) >= 11 is 0. The second kappa shape index (κ2) is 5.93. The Morgan fingerprint density at radius 1 is 0.652 bits per heavy atom. The van der Waals surface area contributed by atoms with Gasteiger partial charge in [-0.1, -0.05) is 60.7 Å². The van der Waals surface area contributed by atoms with Crippen molar-refractivity contribution >= 4 is 16.7 Å². The third-order valence-corrected chi connectivity index (χ3v) is 3.71. The Kier molecular flexibility index (Phi) is 3.49. The molecule has 0 fully saturated rings. The van der Waals surface area contributed by atoms with Crippen LogP contribution in [0.3, 0.4) is 0 Å². The highest BCUT2D eigenvalue weighted by atomic mass is 16.3. The summed E-state index contributed by atoms with van der Waals surface area (Å²) in [6.45, 7) is 0. The van der Waals surface area contributed by atoms with Crippen molar-refractivity contribution in [3.8, 4) is 11.3 Å². The quantitative estimate of drug-likeness (QED) is 0.491. The third-order valence-electron chi connectivity index (χ3n) is 3.71. The fraction of sp³-hybridized carbons (Fsp3) is 0. The van der Waals surface area contributed by atoms with Crippen LogP contribution < -0.4 is 5.36 Å². The number of para-hydroxylation sites is 2. The predicted molar refractivity (Wildman–Crippen MR) is 93.3 cm³/mol. The molecule has 110 valence electrons. The van der Waals surface area contributed by atoms with Crippen molar-refractivity contribution in [1.82, 2.24) is 0 Å². The number of hydrogen-bond acceptors (Lipinski definition) is 2. The molecular weight excluding hydrogens is 282 g/mol. The molecular formula is C21H15NO. The van der Waals surface area contributed by atoms with Crippen LogP contribution in [0.5, 0.6) is 0 Å². The summed E-state index contributed by atoms with van der Waals surface area (Å²) in [6, 6.07) is 30.1. The highest BCUT2D eigenvalue weighted by Gasteiger charge is 2.05. The first-order chi connectivity index (χ1) is 11.4. The van der Waals surface area contributed by atoms with E-state index >= 15 is 0 Å². The molecule has 2 nitrogen and oxygen atoms in total. The van der Waals surface area contributed by atoms with Gasteiger partial charge in [-0.25, -0.2) is 4.99 Å². The second-order valence-electron chi connectivity index (χ2n) is 5.31. The fourth-order valence-corrected chi connectivity index (χ4v) is 2.60. The Bertz CT molecular complexity index is 1000. The lowest BCUT2D eigenvalue weighted by Crippen LogP contribution is -2.02. The maximum absolute atomic E-state index is 6.07. The molecule has 1 heterocycles. The van der Waals surface area contributed by atoms with Crippen LogP contribution in [0.1, 0.15) is 0 Å². The number of nitrogens with zero attached hydrogens (tertiary/aromatic N) is 1. The summed E-state index contributed by atoms with van der Waals surface area (Å²) in [5.41, 5.74) is 2.81. The summed E-state index contributed by atoms with van der Waals surface area (Å²) in [5, 5.41) is 1.92. The van der Waals surface area contributed by atoms with Gasteiger partial charge in [-0.2, -0.15) is 0 Å². The highest BCUT2D eigenvalue weighted by Crippen LogP contribution is 2.22. The normalized spacial score (nSPS) is 11.7. The van der Waals surface area contributed by atoms with Gasteiger partial charge < -0.3 is 4.42 Å². The summed E-state index contributed by atoms with van der Waals surface area (Å²) in [5.74, 6) is 0.819. The van der Waals surface area contributed by atoms with Crippen molar-refractivity contribution in [2.75, 3.05) is 0 Å². The van der Waals surface area contributed by atoms with Gasteiger partial charge in [0.2, 0.25) is 0 Å². The average Bonchev–Trinajstić information content (AvgIpc) is 2.63. The Hall–Kier alpha value is -3.13. The molecule has 4 aromatic rings. The van der Waals surface area contributed by atoms with E-state index in [9.17, 15) is 0 Å². The monoisotopic (exact) mass is 297 g/mol. The Morgan fingerprint density at radius 2 is 1.30 bits per heavy atom. The minimum absolute atomic E-state index is 0.819. The molecule has 2 heteroatoms. The molecule has 0 saturated heterocycles. The van der Waals surface area contributed by atoms with Crippen molar-refractivity contribution in [3.05, 3.63) is 96.4 Å². The zero-order valence-electron chi connectivity index (χ0n) is 12.5. The molecule has 0 radical (unpaired) electrons. The zero-order chi connectivity index (χ0) is 15.5. The van der Waals surface area contributed by atoms with E-state index in [2.05, 4.69) is 0 Å². The molecule has 23 heavy (non-hydrogen) atoms. The lowest BCUT2D eigenvalue weighted by Gasteiger charge is -2.05. The van der Waals surface area contributed by atoms with Gasteiger partial charge in [0.05, 0.1) is 11.0 Å². The SMILES string of the molecule is c1ccc(N=c2cc(-c3ccccc3)oc3ccccc23)cc1. The molecule has 3 aromatic carbocycles. The standard InChI is InChI=1S/C21H15NO/c1-3-9-16(10-4-1)21-15-19(22-17-11-5-2-6-12-17)18-13-7-8-14-20(18)23-21/h1-15H. The lowest BCUT2D eigenvalue weighted by atomic mass is 10.1. The van der Waals surface area contributed by atoms with Crippen LogP contribution in [0.4, 0.5) is 5.69 Å². The Morgan fingerprint density at radius 3 is 2.09 bits per heavy atom. The van der Waals surface area contributed by atoms with Gasteiger partial charge in [-0.3, -0.25) is 0 Å². The number of rotatable bonds is 2. The van der Waals surface area contributed by atoms with Crippen LogP contribution in [0.25, 0.3) is 22.3 Å². The molecule has 0 atom stereocenters. The first kappa shape index (κ1) is 13.5. The van der Waals surface area contributed by atoms with E-state index in [0.717, 1.165) is 33.3 Å². The number of benzene rings is 3. The van der Waals surface area contributed by atoms with Gasteiger partial charge in [0.15, 0.2) is 0 Å². The molecule has 0 bridgehead atoms. The summed E-state index contributed by atoms with van der Waals surface area (Å²) in [6.07, 6.45) is 0. The van der Waals surface area contributed by atoms with Crippen LogP contribution in [-0.4, -0.2) is 0 Å². The Balaban J connectivity index is 2.01. The van der Waals surface area contributed by atoms with Crippen molar-refractivity contribution < 1.29 is 4.42 Å². The first-order valence-electron chi connectivity index (χ1n) is 7.58. The van der Waals surface area contributed by atoms with Crippen LogP contribution in [0.2, 0.25) is 0 Å². The summed E-state index contributed by atoms with van der Waals surface area (Å²) in [7, 11) is 0. The van der Waals surface area contributed by atoms with Crippen molar-refractivity contribution in [3.63, 3.8) is 0 Å². The molecule has 0 amide bonds. The van der Waals surface area contributed by atoms with Crippen LogP contribution in [0, 0.1) is 0 Å². The largest absolute Gasteiger partial charge is 0.456 e. The van der Waals surface area contributed by atoms with E-state index in [4.69, 9.17) is 9.41 Å². The van der Waals surface area contributed by atoms with Gasteiger partial charge in [-0.05, 0) is 24.3 Å². The number of fused-ring (bicyclic) bond motifs is 1. The van der Waals surface area contributed by atoms with E-state index in [1.807, 2.05) is 91.0 Å². The van der Waals surface area contributed by atoms with Crippen molar-refractivity contribution in [2.45, 2.75) is 0 Å². The fourth-order valence-electron chi connectivity index (χ4n) is 2.60. The predicted octanol–water partition coefficient (Wildman–Crippen LogP) is 5.33. The van der Waals surface area contributed by atoms with Crippen LogP contribution in [-0.2, 0) is 0 Å². The van der Waals surface area contributed by atoms with E-state index < -0.39 is 0 Å². The van der Waals surface area contributed by atoms with Crippen molar-refractivity contribution in [2.24, 2.45) is 4.99 Å². The third kappa shape index (κ3) is 2.79. The molecule has 0 aliphatic rings. The van der Waals surface area contributed by atoms with Gasteiger partial charge >= 0.3 is 0 Å². The van der Waals surface area contributed by atoms with Gasteiger partial charge in [-0.15, -0.1) is 0 Å². The molecule has 4 rings (SSSR count). The van der Waals surface area contributed by atoms with Crippen LogP contribution in [0.15, 0.2) is 100 Å². The van der Waals surface area contributed by atoms with Crippen LogP contribution >= 0.6 is 0 Å². The van der Waals surface area contributed by atoms with Gasteiger partial charge in [0.1, 0.15) is 11.3 Å². The smallest absolute Gasteiger partial charge is 0.136 e. The molecule has 1 aromatic heterocycles. The summed E-state index contributed by atoms with van der Waals surface area (Å²) in [4.78, 5) is 4.80. The van der Waals surface area contributed by atoms with E-state index in [-0.39, 0.29) is 0 Å². The van der Waals surface area contributed by atoms with Gasteiger partial charge in [0, 0.05) is 17.0 Å². The second-order valence-corrected chi connectivity index (χ2v) is 5.31. The number of hydrogen-bond donors (Lipinski definition) is 0. The first-order valence-corrected chi connectivity index (χ1v) is 7.58. The molecule has 0 aliphatic carbocycles. The lowest BCUT2D eigenvalue weighted by molar-refractivity contribution is 0.618. The molecule has 0 saturated carbocycles. The maximum atomic E-state index is 6.07. The molecule has 0 spiro atoms. The Labute approximate surface area is 134 Å². The molecule has 0 unspecified atom stereocenters. The zero-order valence-corrected chi connectivity index (χ0v) is 12.5. The highest BCUT2D eigenvalue weighted by molar-refractivity contribution is 5.78. The van der Waals surface area contributed by atoms with E-state index in [1.54, 1.807) is 0 Å².